The SMILES string of the molecule is CC(C)(Br)C(=O)Nc1ccc2c(c1)C(=O)c1ccccc1-2. The topological polar surface area (TPSA) is 46.2 Å². The summed E-state index contributed by atoms with van der Waals surface area (Å²) in [5.41, 5.74) is 3.87. The van der Waals surface area contributed by atoms with E-state index in [0.29, 0.717) is 11.3 Å². The van der Waals surface area contributed by atoms with Crippen molar-refractivity contribution in [2.24, 2.45) is 0 Å². The molecule has 106 valence electrons. The fraction of sp³-hybridized carbons (Fsp3) is 0.176. The minimum atomic E-state index is -0.654. The van der Waals surface area contributed by atoms with Gasteiger partial charge in [-0.1, -0.05) is 46.3 Å². The molecule has 21 heavy (non-hydrogen) atoms. The van der Waals surface area contributed by atoms with Crippen LogP contribution in [0.1, 0.15) is 29.8 Å². The monoisotopic (exact) mass is 343 g/mol. The molecule has 0 heterocycles. The Morgan fingerprint density at radius 3 is 2.29 bits per heavy atom. The molecule has 1 aliphatic carbocycles. The molecule has 2 aromatic rings. The van der Waals surface area contributed by atoms with Gasteiger partial charge in [0.05, 0.1) is 4.32 Å². The number of nitrogens with one attached hydrogen (secondary N) is 1. The van der Waals surface area contributed by atoms with Gasteiger partial charge in [-0.15, -0.1) is 0 Å². The highest BCUT2D eigenvalue weighted by Crippen LogP contribution is 2.37. The smallest absolute Gasteiger partial charge is 0.240 e. The van der Waals surface area contributed by atoms with Gasteiger partial charge >= 0.3 is 0 Å². The predicted molar refractivity (Wildman–Crippen MR) is 86.9 cm³/mol. The van der Waals surface area contributed by atoms with Crippen LogP contribution >= 0.6 is 15.9 Å². The molecule has 0 aliphatic heterocycles. The highest BCUT2D eigenvalue weighted by molar-refractivity contribution is 9.10. The lowest BCUT2D eigenvalue weighted by Gasteiger charge is -2.16. The number of benzene rings is 2. The summed E-state index contributed by atoms with van der Waals surface area (Å²) < 4.78 is -0.654. The molecule has 3 rings (SSSR count). The predicted octanol–water partition coefficient (Wildman–Crippen LogP) is 4.01. The number of ketones is 1. The van der Waals surface area contributed by atoms with Crippen LogP contribution in [0.4, 0.5) is 5.69 Å². The van der Waals surface area contributed by atoms with Crippen molar-refractivity contribution in [1.29, 1.82) is 0 Å². The number of rotatable bonds is 2. The molecule has 0 aromatic heterocycles. The molecule has 4 heteroatoms. The fourth-order valence-electron chi connectivity index (χ4n) is 2.39. The number of carbonyl (C=O) groups is 2. The molecule has 1 amide bonds. The van der Waals surface area contributed by atoms with Gasteiger partial charge < -0.3 is 5.32 Å². The number of fused-ring (bicyclic) bond motifs is 3. The third-order valence-corrected chi connectivity index (χ3v) is 3.88. The fourth-order valence-corrected chi connectivity index (χ4v) is 2.48. The van der Waals surface area contributed by atoms with Gasteiger partial charge in [-0.25, -0.2) is 0 Å². The molecule has 0 spiro atoms. The van der Waals surface area contributed by atoms with Crippen molar-refractivity contribution < 1.29 is 9.59 Å². The van der Waals surface area contributed by atoms with Crippen molar-refractivity contribution in [3.8, 4) is 11.1 Å². The zero-order valence-electron chi connectivity index (χ0n) is 11.7. The summed E-state index contributed by atoms with van der Waals surface area (Å²) in [4.78, 5) is 24.4. The summed E-state index contributed by atoms with van der Waals surface area (Å²) in [6, 6.07) is 13.0. The highest BCUT2D eigenvalue weighted by Gasteiger charge is 2.28. The van der Waals surface area contributed by atoms with Crippen molar-refractivity contribution in [3.05, 3.63) is 53.6 Å². The molecule has 1 N–H and O–H groups in total. The van der Waals surface area contributed by atoms with E-state index in [0.717, 1.165) is 16.7 Å². The summed E-state index contributed by atoms with van der Waals surface area (Å²) in [7, 11) is 0. The molecule has 2 aromatic carbocycles. The van der Waals surface area contributed by atoms with E-state index < -0.39 is 4.32 Å². The zero-order chi connectivity index (χ0) is 15.2. The lowest BCUT2D eigenvalue weighted by Crippen LogP contribution is -2.30. The first kappa shape index (κ1) is 14.0. The van der Waals surface area contributed by atoms with Crippen LogP contribution in [0.15, 0.2) is 42.5 Å². The largest absolute Gasteiger partial charge is 0.325 e. The summed E-state index contributed by atoms with van der Waals surface area (Å²) in [5, 5.41) is 2.82. The number of hydrogen-bond donors (Lipinski definition) is 1. The third-order valence-electron chi connectivity index (χ3n) is 3.52. The van der Waals surface area contributed by atoms with Crippen LogP contribution < -0.4 is 5.32 Å². The van der Waals surface area contributed by atoms with Crippen molar-refractivity contribution in [3.63, 3.8) is 0 Å². The Morgan fingerprint density at radius 1 is 1.00 bits per heavy atom. The molecule has 0 radical (unpaired) electrons. The Hall–Kier alpha value is -1.94. The van der Waals surface area contributed by atoms with Crippen molar-refractivity contribution in [2.45, 2.75) is 18.2 Å². The Bertz CT molecular complexity index is 760. The van der Waals surface area contributed by atoms with E-state index >= 15 is 0 Å². The lowest BCUT2D eigenvalue weighted by molar-refractivity contribution is -0.117. The Kier molecular flexibility index (Phi) is 3.21. The maximum atomic E-state index is 12.4. The molecule has 0 unspecified atom stereocenters. The number of anilines is 1. The molecule has 3 nitrogen and oxygen atoms in total. The molecule has 1 aliphatic rings. The van der Waals surface area contributed by atoms with E-state index in [1.807, 2.05) is 36.4 Å². The Morgan fingerprint density at radius 2 is 1.62 bits per heavy atom. The second kappa shape index (κ2) is 4.81. The normalized spacial score (nSPS) is 12.8. The molecule has 0 bridgehead atoms. The van der Waals surface area contributed by atoms with Crippen LogP contribution in [0, 0.1) is 0 Å². The minimum absolute atomic E-state index is 0.00908. The van der Waals surface area contributed by atoms with Crippen LogP contribution in [-0.2, 0) is 4.79 Å². The van der Waals surface area contributed by atoms with E-state index in [2.05, 4.69) is 21.2 Å². The van der Waals surface area contributed by atoms with Crippen LogP contribution in [0.25, 0.3) is 11.1 Å². The molecular formula is C17H14BrNO2. The Labute approximate surface area is 131 Å². The molecule has 0 saturated heterocycles. The van der Waals surface area contributed by atoms with Crippen molar-refractivity contribution in [2.75, 3.05) is 5.32 Å². The van der Waals surface area contributed by atoms with Gasteiger partial charge in [0.1, 0.15) is 0 Å². The second-order valence-electron chi connectivity index (χ2n) is 5.56. The van der Waals surface area contributed by atoms with Crippen molar-refractivity contribution >= 4 is 33.3 Å². The molecule has 0 fully saturated rings. The van der Waals surface area contributed by atoms with E-state index in [4.69, 9.17) is 0 Å². The first-order chi connectivity index (χ1) is 9.88. The van der Waals surface area contributed by atoms with Crippen LogP contribution in [0.5, 0.6) is 0 Å². The quantitative estimate of drug-likeness (QED) is 0.714. The summed E-state index contributed by atoms with van der Waals surface area (Å²) in [6.07, 6.45) is 0. The first-order valence-corrected chi connectivity index (χ1v) is 7.46. The number of alkyl halides is 1. The molecular weight excluding hydrogens is 330 g/mol. The maximum Gasteiger partial charge on any atom is 0.240 e. The van der Waals surface area contributed by atoms with Gasteiger partial charge in [0.25, 0.3) is 0 Å². The van der Waals surface area contributed by atoms with Crippen LogP contribution in [0.3, 0.4) is 0 Å². The number of hydrogen-bond acceptors (Lipinski definition) is 2. The average Bonchev–Trinajstić information content (AvgIpc) is 2.72. The number of halogens is 1. The van der Waals surface area contributed by atoms with Gasteiger partial charge in [-0.2, -0.15) is 0 Å². The average molecular weight is 344 g/mol. The molecule has 0 atom stereocenters. The summed E-state index contributed by atoms with van der Waals surface area (Å²) in [5.74, 6) is -0.139. The van der Waals surface area contributed by atoms with Gasteiger partial charge in [0, 0.05) is 16.8 Å². The van der Waals surface area contributed by atoms with E-state index in [-0.39, 0.29) is 11.7 Å². The Balaban J connectivity index is 1.98. The lowest BCUT2D eigenvalue weighted by atomic mass is 10.1. The maximum absolute atomic E-state index is 12.4. The standard InChI is InChI=1S/C17H14BrNO2/c1-17(2,18)16(21)19-10-7-8-12-11-5-3-4-6-13(11)15(20)14(12)9-10/h3-9H,1-2H3,(H,19,21). The van der Waals surface area contributed by atoms with E-state index in [9.17, 15) is 9.59 Å². The van der Waals surface area contributed by atoms with Gasteiger partial charge in [-0.05, 0) is 37.1 Å². The minimum Gasteiger partial charge on any atom is -0.325 e. The van der Waals surface area contributed by atoms with Gasteiger partial charge in [-0.3, -0.25) is 9.59 Å². The zero-order valence-corrected chi connectivity index (χ0v) is 13.3. The van der Waals surface area contributed by atoms with Crippen LogP contribution in [0.2, 0.25) is 0 Å². The third kappa shape index (κ3) is 2.40. The number of carbonyl (C=O) groups excluding carboxylic acids is 2. The van der Waals surface area contributed by atoms with Gasteiger partial charge in [0.15, 0.2) is 5.78 Å². The van der Waals surface area contributed by atoms with Gasteiger partial charge in [0.2, 0.25) is 5.91 Å². The summed E-state index contributed by atoms with van der Waals surface area (Å²) >= 11 is 3.32. The molecule has 0 saturated carbocycles. The summed E-state index contributed by atoms with van der Waals surface area (Å²) in [6.45, 7) is 3.55. The van der Waals surface area contributed by atoms with Crippen LogP contribution in [-0.4, -0.2) is 16.0 Å². The highest BCUT2D eigenvalue weighted by atomic mass is 79.9. The van der Waals surface area contributed by atoms with E-state index in [1.165, 1.54) is 0 Å². The van der Waals surface area contributed by atoms with E-state index in [1.54, 1.807) is 19.9 Å². The number of amides is 1. The second-order valence-corrected chi connectivity index (χ2v) is 7.54. The van der Waals surface area contributed by atoms with Crippen molar-refractivity contribution in [1.82, 2.24) is 0 Å². The first-order valence-electron chi connectivity index (χ1n) is 6.66.